The van der Waals surface area contributed by atoms with Gasteiger partial charge in [-0.15, -0.1) is 0 Å². The normalized spacial score (nSPS) is 13.3. The van der Waals surface area contributed by atoms with Crippen LogP contribution in [-0.2, 0) is 6.18 Å². The molecule has 25 heavy (non-hydrogen) atoms. The van der Waals surface area contributed by atoms with Gasteiger partial charge < -0.3 is 5.11 Å². The highest BCUT2D eigenvalue weighted by Crippen LogP contribution is 2.31. The summed E-state index contributed by atoms with van der Waals surface area (Å²) in [4.78, 5) is 18.3. The third kappa shape index (κ3) is 4.16. The zero-order chi connectivity index (χ0) is 18.8. The van der Waals surface area contributed by atoms with E-state index in [1.807, 2.05) is 13.8 Å². The summed E-state index contributed by atoms with van der Waals surface area (Å²) in [6.07, 6.45) is -2.82. The fourth-order valence-corrected chi connectivity index (χ4v) is 2.52. The third-order valence-electron chi connectivity index (χ3n) is 3.70. The van der Waals surface area contributed by atoms with E-state index in [1.165, 1.54) is 16.7 Å². The number of aliphatic imine (C=N–C) groups is 1. The van der Waals surface area contributed by atoms with E-state index in [0.717, 1.165) is 18.3 Å². The maximum atomic E-state index is 12.7. The molecule has 1 atom stereocenters. The Morgan fingerprint density at radius 2 is 2.12 bits per heavy atom. The summed E-state index contributed by atoms with van der Waals surface area (Å²) in [5, 5.41) is 10.3. The van der Waals surface area contributed by atoms with E-state index in [0.29, 0.717) is 6.42 Å². The number of halogens is 3. The smallest absolute Gasteiger partial charge is 0.416 e. The summed E-state index contributed by atoms with van der Waals surface area (Å²) in [6, 6.07) is 4.18. The molecule has 1 aromatic heterocycles. The largest absolute Gasteiger partial charge is 0.494 e. The lowest BCUT2D eigenvalue weighted by Crippen LogP contribution is -2.20. The van der Waals surface area contributed by atoms with Crippen molar-refractivity contribution in [3.8, 4) is 5.88 Å². The van der Waals surface area contributed by atoms with Crippen LogP contribution in [0.15, 0.2) is 34.1 Å². The average Bonchev–Trinajstić information content (AvgIpc) is 2.53. The topological polar surface area (TPSA) is 70.4 Å². The number of hydrogen-bond donors (Lipinski definition) is 2. The maximum absolute atomic E-state index is 12.7. The van der Waals surface area contributed by atoms with Crippen LogP contribution in [0.25, 0.3) is 0 Å². The summed E-state index contributed by atoms with van der Waals surface area (Å²) in [5.74, 6) is -0.376. The molecule has 2 rings (SSSR count). The molecule has 2 N–H and O–H groups in total. The van der Waals surface area contributed by atoms with Crippen molar-refractivity contribution in [3.63, 3.8) is 0 Å². The van der Waals surface area contributed by atoms with E-state index in [2.05, 4.69) is 9.98 Å². The van der Waals surface area contributed by atoms with Crippen LogP contribution in [0.3, 0.4) is 0 Å². The summed E-state index contributed by atoms with van der Waals surface area (Å²) in [5.41, 5.74) is -1.69. The molecule has 2 aromatic rings. The molecule has 0 fully saturated rings. The minimum atomic E-state index is -4.49. The lowest BCUT2D eigenvalue weighted by atomic mass is 10.2. The molecular formula is C16H16F3N3O2S. The van der Waals surface area contributed by atoms with E-state index in [9.17, 15) is 23.1 Å². The second-order valence-corrected chi connectivity index (χ2v) is 5.82. The molecule has 9 heteroatoms. The number of nitrogens with zero attached hydrogens (tertiary/aromatic N) is 2. The quantitative estimate of drug-likeness (QED) is 0.620. The van der Waals surface area contributed by atoms with Gasteiger partial charge in [-0.2, -0.15) is 13.2 Å². The van der Waals surface area contributed by atoms with Crippen molar-refractivity contribution >= 4 is 24.1 Å². The van der Waals surface area contributed by atoms with Crippen LogP contribution in [0.4, 0.5) is 18.9 Å². The molecule has 1 aromatic carbocycles. The van der Waals surface area contributed by atoms with Crippen LogP contribution in [0.5, 0.6) is 5.88 Å². The molecule has 0 aliphatic heterocycles. The van der Waals surface area contributed by atoms with Gasteiger partial charge in [0, 0.05) is 12.3 Å². The van der Waals surface area contributed by atoms with Crippen molar-refractivity contribution in [3.05, 3.63) is 50.5 Å². The van der Waals surface area contributed by atoms with Crippen molar-refractivity contribution < 1.29 is 18.3 Å². The monoisotopic (exact) mass is 371 g/mol. The molecule has 0 saturated carbocycles. The second kappa shape index (κ2) is 7.22. The van der Waals surface area contributed by atoms with Gasteiger partial charge >= 0.3 is 6.18 Å². The Morgan fingerprint density at radius 3 is 2.72 bits per heavy atom. The molecule has 0 radical (unpaired) electrons. The first-order chi connectivity index (χ1) is 11.6. The number of rotatable bonds is 4. The Balaban J connectivity index is 2.49. The van der Waals surface area contributed by atoms with Gasteiger partial charge in [0.15, 0.2) is 4.77 Å². The molecule has 0 amide bonds. The highest BCUT2D eigenvalue weighted by Gasteiger charge is 2.30. The Labute approximate surface area is 146 Å². The average molecular weight is 371 g/mol. The third-order valence-corrected chi connectivity index (χ3v) is 4.00. The van der Waals surface area contributed by atoms with Crippen LogP contribution in [0.2, 0.25) is 0 Å². The Hall–Kier alpha value is -2.42. The first-order valence-electron chi connectivity index (χ1n) is 7.44. The van der Waals surface area contributed by atoms with Crippen molar-refractivity contribution in [2.45, 2.75) is 32.5 Å². The number of aromatic hydroxyl groups is 1. The van der Waals surface area contributed by atoms with Gasteiger partial charge in [-0.3, -0.25) is 19.3 Å². The predicted molar refractivity (Wildman–Crippen MR) is 91.3 cm³/mol. The molecule has 0 saturated heterocycles. The van der Waals surface area contributed by atoms with E-state index < -0.39 is 17.3 Å². The molecule has 0 bridgehead atoms. The van der Waals surface area contributed by atoms with Crippen molar-refractivity contribution in [1.82, 2.24) is 9.55 Å². The number of H-pyrrole nitrogens is 1. The van der Waals surface area contributed by atoms with Crippen molar-refractivity contribution in [2.75, 3.05) is 0 Å². The van der Waals surface area contributed by atoms with E-state index in [-0.39, 0.29) is 27.9 Å². The summed E-state index contributed by atoms with van der Waals surface area (Å²) in [7, 11) is 0. The van der Waals surface area contributed by atoms with Crippen LogP contribution < -0.4 is 5.56 Å². The molecule has 0 aliphatic rings. The van der Waals surface area contributed by atoms with E-state index in [4.69, 9.17) is 12.2 Å². The zero-order valence-electron chi connectivity index (χ0n) is 13.5. The maximum Gasteiger partial charge on any atom is 0.416 e. The highest BCUT2D eigenvalue weighted by molar-refractivity contribution is 7.71. The standard InChI is InChI=1S/C16H16F3N3O2S/c1-3-9(2)22-14(24)12(13(23)21-15(22)25)8-20-11-6-4-5-10(7-11)16(17,18)19/h4-9,24H,3H2,1-2H3,(H,21,23,25)/t9-/m1/s1. The molecule has 0 unspecified atom stereocenters. The van der Waals surface area contributed by atoms with Gasteiger partial charge in [0.25, 0.3) is 5.56 Å². The molecule has 1 heterocycles. The first kappa shape index (κ1) is 18.9. The fraction of sp³-hybridized carbons (Fsp3) is 0.312. The predicted octanol–water partition coefficient (Wildman–Crippen LogP) is 4.35. The van der Waals surface area contributed by atoms with Crippen LogP contribution in [-0.4, -0.2) is 20.9 Å². The number of hydrogen-bond acceptors (Lipinski definition) is 4. The van der Waals surface area contributed by atoms with E-state index in [1.54, 1.807) is 0 Å². The first-order valence-corrected chi connectivity index (χ1v) is 7.85. The minimum Gasteiger partial charge on any atom is -0.494 e. The van der Waals surface area contributed by atoms with Crippen LogP contribution >= 0.6 is 12.2 Å². The Morgan fingerprint density at radius 1 is 1.44 bits per heavy atom. The lowest BCUT2D eigenvalue weighted by Gasteiger charge is -2.16. The van der Waals surface area contributed by atoms with Crippen molar-refractivity contribution in [2.24, 2.45) is 4.99 Å². The lowest BCUT2D eigenvalue weighted by molar-refractivity contribution is -0.137. The molecule has 134 valence electrons. The number of alkyl halides is 3. The number of aromatic amines is 1. The van der Waals surface area contributed by atoms with E-state index >= 15 is 0 Å². The number of aromatic nitrogens is 2. The summed E-state index contributed by atoms with van der Waals surface area (Å²) >= 11 is 5.04. The molecule has 5 nitrogen and oxygen atoms in total. The van der Waals surface area contributed by atoms with Crippen molar-refractivity contribution in [1.29, 1.82) is 0 Å². The van der Waals surface area contributed by atoms with Gasteiger partial charge in [-0.1, -0.05) is 13.0 Å². The zero-order valence-corrected chi connectivity index (χ0v) is 14.3. The second-order valence-electron chi connectivity index (χ2n) is 5.43. The molecule has 0 aliphatic carbocycles. The molecule has 0 spiro atoms. The Kier molecular flexibility index (Phi) is 5.46. The van der Waals surface area contributed by atoms with Gasteiger partial charge in [0.1, 0.15) is 5.56 Å². The SMILES string of the molecule is CC[C@@H](C)n1c(O)c(C=Nc2cccc(C(F)(F)F)c2)c(=O)[nH]c1=S. The molecular weight excluding hydrogens is 355 g/mol. The van der Waals surface area contributed by atoms with Crippen LogP contribution in [0.1, 0.15) is 37.4 Å². The number of benzene rings is 1. The summed E-state index contributed by atoms with van der Waals surface area (Å²) in [6.45, 7) is 3.69. The van der Waals surface area contributed by atoms with Gasteiger partial charge in [-0.05, 0) is 43.8 Å². The number of nitrogens with one attached hydrogen (secondary N) is 1. The Bertz CT molecular complexity index is 916. The summed E-state index contributed by atoms with van der Waals surface area (Å²) < 4.78 is 39.6. The fourth-order valence-electron chi connectivity index (χ4n) is 2.16. The van der Waals surface area contributed by atoms with Crippen LogP contribution in [0, 0.1) is 4.77 Å². The highest BCUT2D eigenvalue weighted by atomic mass is 32.1. The van der Waals surface area contributed by atoms with Gasteiger partial charge in [0.05, 0.1) is 11.3 Å². The minimum absolute atomic E-state index is 0.00571. The van der Waals surface area contributed by atoms with Gasteiger partial charge in [0.2, 0.25) is 5.88 Å². The van der Waals surface area contributed by atoms with Gasteiger partial charge in [-0.25, -0.2) is 0 Å².